The monoisotopic (exact) mass is 227 g/mol. The molecule has 1 aromatic carbocycles. The fraction of sp³-hybridized carbons (Fsp3) is 0.286. The van der Waals surface area contributed by atoms with E-state index in [0.29, 0.717) is 0 Å². The van der Waals surface area contributed by atoms with Gasteiger partial charge in [-0.3, -0.25) is 0 Å². The number of benzene rings is 1. The Morgan fingerprint density at radius 2 is 1.94 bits per heavy atom. The Balaban J connectivity index is 2.12. The average Bonchev–Trinajstić information content (AvgIpc) is 2.41. The molecule has 0 saturated carbocycles. The molecule has 2 rings (SSSR count). The second-order valence-corrected chi connectivity index (χ2v) is 4.00. The van der Waals surface area contributed by atoms with Crippen molar-refractivity contribution in [3.63, 3.8) is 0 Å². The van der Waals surface area contributed by atoms with Gasteiger partial charge in [-0.25, -0.2) is 9.97 Å². The molecule has 0 radical (unpaired) electrons. The van der Waals surface area contributed by atoms with E-state index in [4.69, 9.17) is 0 Å². The standard InChI is InChI=1S/C14H17N3/c1-2-6-15-8-12-4-3-5-13(7-12)14-9-16-11-17-10-14/h3-5,7,9-11,15H,2,6,8H2,1H3. The second-order valence-electron chi connectivity index (χ2n) is 4.00. The van der Waals surface area contributed by atoms with E-state index in [9.17, 15) is 0 Å². The Morgan fingerprint density at radius 3 is 2.71 bits per heavy atom. The summed E-state index contributed by atoms with van der Waals surface area (Å²) in [7, 11) is 0. The smallest absolute Gasteiger partial charge is 0.115 e. The maximum Gasteiger partial charge on any atom is 0.115 e. The molecule has 88 valence electrons. The molecule has 0 amide bonds. The van der Waals surface area contributed by atoms with Crippen molar-refractivity contribution in [2.24, 2.45) is 0 Å². The van der Waals surface area contributed by atoms with Crippen LogP contribution < -0.4 is 5.32 Å². The molecule has 1 N–H and O–H groups in total. The Bertz CT molecular complexity index is 454. The third-order valence-corrected chi connectivity index (χ3v) is 2.58. The summed E-state index contributed by atoms with van der Waals surface area (Å²) >= 11 is 0. The molecule has 17 heavy (non-hydrogen) atoms. The van der Waals surface area contributed by atoms with Crippen LogP contribution in [0.4, 0.5) is 0 Å². The summed E-state index contributed by atoms with van der Waals surface area (Å²) in [5, 5.41) is 3.40. The topological polar surface area (TPSA) is 37.8 Å². The lowest BCUT2D eigenvalue weighted by Crippen LogP contribution is -2.13. The van der Waals surface area contributed by atoms with Crippen molar-refractivity contribution in [3.8, 4) is 11.1 Å². The lowest BCUT2D eigenvalue weighted by Gasteiger charge is -2.06. The van der Waals surface area contributed by atoms with Crippen molar-refractivity contribution >= 4 is 0 Å². The van der Waals surface area contributed by atoms with E-state index in [0.717, 1.165) is 25.1 Å². The predicted molar refractivity (Wildman–Crippen MR) is 69.5 cm³/mol. The predicted octanol–water partition coefficient (Wildman–Crippen LogP) is 2.64. The lowest BCUT2D eigenvalue weighted by molar-refractivity contribution is 0.675. The maximum absolute atomic E-state index is 4.04. The van der Waals surface area contributed by atoms with Crippen molar-refractivity contribution in [1.82, 2.24) is 15.3 Å². The van der Waals surface area contributed by atoms with Crippen LogP contribution in [0.3, 0.4) is 0 Å². The largest absolute Gasteiger partial charge is 0.313 e. The molecule has 3 nitrogen and oxygen atoms in total. The third kappa shape index (κ3) is 3.36. The molecule has 2 aromatic rings. The highest BCUT2D eigenvalue weighted by atomic mass is 14.8. The Kier molecular flexibility index (Phi) is 4.22. The molecule has 0 spiro atoms. The van der Waals surface area contributed by atoms with Gasteiger partial charge in [-0.15, -0.1) is 0 Å². The van der Waals surface area contributed by atoms with Gasteiger partial charge >= 0.3 is 0 Å². The van der Waals surface area contributed by atoms with E-state index >= 15 is 0 Å². The molecule has 0 bridgehead atoms. The first kappa shape index (κ1) is 11.7. The van der Waals surface area contributed by atoms with Crippen LogP contribution in [0, 0.1) is 0 Å². The number of hydrogen-bond acceptors (Lipinski definition) is 3. The lowest BCUT2D eigenvalue weighted by atomic mass is 10.1. The zero-order chi connectivity index (χ0) is 11.9. The average molecular weight is 227 g/mol. The minimum Gasteiger partial charge on any atom is -0.313 e. The SMILES string of the molecule is CCCNCc1cccc(-c2cncnc2)c1. The van der Waals surface area contributed by atoms with Crippen LogP contribution in [0.25, 0.3) is 11.1 Å². The number of aromatic nitrogens is 2. The van der Waals surface area contributed by atoms with E-state index in [1.54, 1.807) is 6.33 Å². The molecule has 0 saturated heterocycles. The summed E-state index contributed by atoms with van der Waals surface area (Å²) in [6.07, 6.45) is 6.39. The highest BCUT2D eigenvalue weighted by molar-refractivity contribution is 5.62. The van der Waals surface area contributed by atoms with Gasteiger partial charge in [0.15, 0.2) is 0 Å². The summed E-state index contributed by atoms with van der Waals surface area (Å²) in [6.45, 7) is 4.14. The summed E-state index contributed by atoms with van der Waals surface area (Å²) in [5.74, 6) is 0. The van der Waals surface area contributed by atoms with Gasteiger partial charge in [0, 0.05) is 24.5 Å². The molecular weight excluding hydrogens is 210 g/mol. The van der Waals surface area contributed by atoms with E-state index < -0.39 is 0 Å². The summed E-state index contributed by atoms with van der Waals surface area (Å²) in [6, 6.07) is 8.48. The summed E-state index contributed by atoms with van der Waals surface area (Å²) in [5.41, 5.74) is 3.52. The van der Waals surface area contributed by atoms with Crippen molar-refractivity contribution in [3.05, 3.63) is 48.5 Å². The summed E-state index contributed by atoms with van der Waals surface area (Å²) < 4.78 is 0. The quantitative estimate of drug-likeness (QED) is 0.798. The van der Waals surface area contributed by atoms with Gasteiger partial charge in [0.1, 0.15) is 6.33 Å². The van der Waals surface area contributed by atoms with Gasteiger partial charge in [-0.05, 0) is 30.2 Å². The minimum atomic E-state index is 0.912. The van der Waals surface area contributed by atoms with Crippen LogP contribution >= 0.6 is 0 Å². The van der Waals surface area contributed by atoms with E-state index in [1.165, 1.54) is 11.1 Å². The molecule has 1 heterocycles. The van der Waals surface area contributed by atoms with E-state index in [-0.39, 0.29) is 0 Å². The van der Waals surface area contributed by atoms with Crippen molar-refractivity contribution in [1.29, 1.82) is 0 Å². The first-order valence-corrected chi connectivity index (χ1v) is 5.95. The van der Waals surface area contributed by atoms with Gasteiger partial charge in [0.2, 0.25) is 0 Å². The molecule has 0 unspecified atom stereocenters. The van der Waals surface area contributed by atoms with Gasteiger partial charge < -0.3 is 5.32 Å². The van der Waals surface area contributed by atoms with Gasteiger partial charge in [-0.1, -0.05) is 25.1 Å². The second kappa shape index (κ2) is 6.11. The van der Waals surface area contributed by atoms with Crippen LogP contribution in [0.2, 0.25) is 0 Å². The zero-order valence-corrected chi connectivity index (χ0v) is 10.1. The van der Waals surface area contributed by atoms with Gasteiger partial charge in [0.05, 0.1) is 0 Å². The highest BCUT2D eigenvalue weighted by Gasteiger charge is 1.99. The molecule has 0 aliphatic carbocycles. The highest BCUT2D eigenvalue weighted by Crippen LogP contribution is 2.18. The van der Waals surface area contributed by atoms with E-state index in [2.05, 4.69) is 46.5 Å². The van der Waals surface area contributed by atoms with Crippen molar-refractivity contribution < 1.29 is 0 Å². The zero-order valence-electron chi connectivity index (χ0n) is 10.1. The molecule has 0 aliphatic rings. The normalized spacial score (nSPS) is 10.4. The van der Waals surface area contributed by atoms with Crippen LogP contribution in [-0.2, 0) is 6.54 Å². The number of nitrogens with one attached hydrogen (secondary N) is 1. The van der Waals surface area contributed by atoms with Crippen molar-refractivity contribution in [2.45, 2.75) is 19.9 Å². The van der Waals surface area contributed by atoms with Gasteiger partial charge in [-0.2, -0.15) is 0 Å². The number of nitrogens with zero attached hydrogens (tertiary/aromatic N) is 2. The molecular formula is C14H17N3. The van der Waals surface area contributed by atoms with Gasteiger partial charge in [0.25, 0.3) is 0 Å². The Morgan fingerprint density at radius 1 is 1.12 bits per heavy atom. The first-order valence-electron chi connectivity index (χ1n) is 5.95. The molecule has 1 aromatic heterocycles. The molecule has 0 fully saturated rings. The van der Waals surface area contributed by atoms with Crippen LogP contribution in [0.15, 0.2) is 43.0 Å². The minimum absolute atomic E-state index is 0.912. The Hall–Kier alpha value is -1.74. The summed E-state index contributed by atoms with van der Waals surface area (Å²) in [4.78, 5) is 8.08. The number of rotatable bonds is 5. The molecule has 3 heteroatoms. The van der Waals surface area contributed by atoms with Crippen LogP contribution in [-0.4, -0.2) is 16.5 Å². The van der Waals surface area contributed by atoms with Crippen LogP contribution in [0.5, 0.6) is 0 Å². The first-order chi connectivity index (χ1) is 8.40. The van der Waals surface area contributed by atoms with E-state index in [1.807, 2.05) is 12.4 Å². The Labute approximate surface area is 102 Å². The maximum atomic E-state index is 4.04. The van der Waals surface area contributed by atoms with Crippen molar-refractivity contribution in [2.75, 3.05) is 6.54 Å². The fourth-order valence-corrected chi connectivity index (χ4v) is 1.72. The molecule has 0 atom stereocenters. The number of hydrogen-bond donors (Lipinski definition) is 1. The molecule has 0 aliphatic heterocycles. The fourth-order valence-electron chi connectivity index (χ4n) is 1.72. The third-order valence-electron chi connectivity index (χ3n) is 2.58. The van der Waals surface area contributed by atoms with Crippen LogP contribution in [0.1, 0.15) is 18.9 Å².